The minimum atomic E-state index is -4.99. The van der Waals surface area contributed by atoms with Crippen LogP contribution in [-0.2, 0) is 20.2 Å². The minimum Gasteiger partial charge on any atom is -0.870 e. The molecule has 0 aliphatic rings. The zero-order valence-corrected chi connectivity index (χ0v) is 47.7. The molecule has 2 amide bonds. The number of nitrogens with zero attached hydrogens (tertiary/aromatic N) is 4. The molecule has 0 spiro atoms. The van der Waals surface area contributed by atoms with Gasteiger partial charge < -0.3 is 34.9 Å². The molecule has 8 rings (SSSR count). The summed E-state index contributed by atoms with van der Waals surface area (Å²) in [5.41, 5.74) is 0.981. The number of azo groups is 2. The summed E-state index contributed by atoms with van der Waals surface area (Å²) in [6, 6.07) is 35.3. The van der Waals surface area contributed by atoms with E-state index in [9.17, 15) is 45.7 Å². The minimum absolute atomic E-state index is 0. The van der Waals surface area contributed by atoms with Gasteiger partial charge >= 0.3 is 48.9 Å². The molecule has 8 aromatic carbocycles. The van der Waals surface area contributed by atoms with Gasteiger partial charge in [0.15, 0.2) is 5.75 Å². The van der Waals surface area contributed by atoms with Crippen LogP contribution in [-0.4, -0.2) is 105 Å². The van der Waals surface area contributed by atoms with E-state index in [4.69, 9.17) is 32.7 Å². The van der Waals surface area contributed by atoms with Crippen molar-refractivity contribution in [3.05, 3.63) is 166 Å². The fourth-order valence-electron chi connectivity index (χ4n) is 7.45. The third-order valence-electron chi connectivity index (χ3n) is 10.7. The molecular formula is C52H42BaCl2N6O12S2. The molecule has 380 valence electrons. The van der Waals surface area contributed by atoms with Gasteiger partial charge in [0.25, 0.3) is 21.9 Å². The quantitative estimate of drug-likeness (QED) is 0.0449. The van der Waals surface area contributed by atoms with Gasteiger partial charge in [-0.3, -0.25) is 14.1 Å². The van der Waals surface area contributed by atoms with Crippen LogP contribution >= 0.6 is 23.2 Å². The molecule has 0 saturated heterocycles. The molecule has 0 unspecified atom stereocenters. The van der Waals surface area contributed by atoms with E-state index < -0.39 is 53.3 Å². The summed E-state index contributed by atoms with van der Waals surface area (Å²) in [7, 11) is -9.71. The van der Waals surface area contributed by atoms with Crippen molar-refractivity contribution in [3.63, 3.8) is 0 Å². The Bertz CT molecular complexity index is 3530. The Balaban J connectivity index is 0.000000241. The Kier molecular flexibility index (Phi) is 19.3. The van der Waals surface area contributed by atoms with Crippen LogP contribution in [0.5, 0.6) is 23.0 Å². The summed E-state index contributed by atoms with van der Waals surface area (Å²) >= 11 is 12.0. The number of hydrogen-bond acceptors (Lipinski definition) is 15. The standard InChI is InChI=1S/2C26H22ClN3O6S.Ba/c2*1-3-36-18-10-8-17(9-11-18)28-26(32)20-14-16-6-4-5-7-19(16)23(24(20)31)30-29-22-13-15(2)12-21(27)25(22)37(33,34)35;/h2*4-14,31H,3H2,1-2H3,(H,28,32)(H,33,34,35);/q;;+2/p-2. The van der Waals surface area contributed by atoms with Crippen LogP contribution in [0.1, 0.15) is 45.7 Å². The Labute approximate surface area is 481 Å². The fraction of sp³-hybridized carbons (Fsp3) is 0.115. The smallest absolute Gasteiger partial charge is 0.870 e. The van der Waals surface area contributed by atoms with E-state index in [1.54, 1.807) is 111 Å². The van der Waals surface area contributed by atoms with Crippen molar-refractivity contribution >= 4 is 160 Å². The third-order valence-corrected chi connectivity index (χ3v) is 13.4. The number of aromatic hydroxyl groups is 1. The number of anilines is 2. The van der Waals surface area contributed by atoms with Gasteiger partial charge in [0.2, 0.25) is 0 Å². The van der Waals surface area contributed by atoms with Crippen molar-refractivity contribution in [1.29, 1.82) is 0 Å². The molecule has 23 heteroatoms. The molecule has 4 N–H and O–H groups in total. The molecule has 8 aromatic rings. The summed E-state index contributed by atoms with van der Waals surface area (Å²) < 4.78 is 79.6. The van der Waals surface area contributed by atoms with Crippen molar-refractivity contribution in [2.75, 3.05) is 23.8 Å². The number of phenolic OH excluding ortho intramolecular Hbond substituents is 1. The number of hydrogen-bond donors (Lipinski definition) is 4. The maximum Gasteiger partial charge on any atom is 2.00 e. The number of rotatable bonds is 14. The second kappa shape index (κ2) is 25.0. The van der Waals surface area contributed by atoms with E-state index in [0.717, 1.165) is 0 Å². The number of phenols is 1. The van der Waals surface area contributed by atoms with Crippen molar-refractivity contribution < 1.29 is 55.2 Å². The molecule has 0 aromatic heterocycles. The average Bonchev–Trinajstić information content (AvgIpc) is 3.33. The Hall–Kier alpha value is -6.41. The van der Waals surface area contributed by atoms with Crippen LogP contribution < -0.4 is 25.2 Å². The molecule has 0 saturated carbocycles. The number of ether oxygens (including phenoxy) is 2. The van der Waals surface area contributed by atoms with Crippen LogP contribution in [0, 0.1) is 13.8 Å². The van der Waals surface area contributed by atoms with Crippen LogP contribution in [0.25, 0.3) is 21.5 Å². The summed E-state index contributed by atoms with van der Waals surface area (Å²) in [5.74, 6) is -1.17. The van der Waals surface area contributed by atoms with Gasteiger partial charge in [-0.25, -0.2) is 8.42 Å². The van der Waals surface area contributed by atoms with Crippen LogP contribution in [0.15, 0.2) is 164 Å². The van der Waals surface area contributed by atoms with Gasteiger partial charge in [0, 0.05) is 27.7 Å². The van der Waals surface area contributed by atoms with E-state index in [1.807, 2.05) is 13.8 Å². The molecule has 0 aliphatic carbocycles. The molecular weight excluding hydrogens is 1170 g/mol. The normalized spacial score (nSPS) is 11.5. The molecule has 0 aliphatic heterocycles. The van der Waals surface area contributed by atoms with Gasteiger partial charge in [0.1, 0.15) is 48.5 Å². The van der Waals surface area contributed by atoms with E-state index in [1.165, 1.54) is 36.4 Å². The summed E-state index contributed by atoms with van der Waals surface area (Å²) in [6.07, 6.45) is 0. The van der Waals surface area contributed by atoms with Crippen LogP contribution in [0.2, 0.25) is 10.0 Å². The number of fused-ring (bicyclic) bond motifs is 2. The Morgan fingerprint density at radius 3 is 1.48 bits per heavy atom. The largest absolute Gasteiger partial charge is 2.00 e. The monoisotopic (exact) mass is 1210 g/mol. The van der Waals surface area contributed by atoms with Gasteiger partial charge in [-0.1, -0.05) is 77.5 Å². The second-order valence-electron chi connectivity index (χ2n) is 16.0. The van der Waals surface area contributed by atoms with Gasteiger partial charge in [-0.05, 0) is 135 Å². The number of benzene rings is 8. The van der Waals surface area contributed by atoms with Gasteiger partial charge in [-0.15, -0.1) is 15.3 Å². The number of halogens is 2. The van der Waals surface area contributed by atoms with Gasteiger partial charge in [-0.2, -0.15) is 13.5 Å². The van der Waals surface area contributed by atoms with Crippen molar-refractivity contribution in [1.82, 2.24) is 0 Å². The second-order valence-corrected chi connectivity index (χ2v) is 19.5. The van der Waals surface area contributed by atoms with Crippen molar-refractivity contribution in [3.8, 4) is 23.0 Å². The summed E-state index contributed by atoms with van der Waals surface area (Å²) in [4.78, 5) is 24.8. The maximum absolute atomic E-state index is 13.4. The molecule has 0 atom stereocenters. The van der Waals surface area contributed by atoms with Crippen molar-refractivity contribution in [2.45, 2.75) is 37.5 Å². The topological polar surface area (TPSA) is 281 Å². The number of carbonyl (C=O) groups is 2. The molecule has 0 fully saturated rings. The average molecular weight is 1220 g/mol. The Morgan fingerprint density at radius 2 is 1.01 bits per heavy atom. The number of carbonyl (C=O) groups excluding carboxylic acids is 2. The zero-order valence-electron chi connectivity index (χ0n) is 40.2. The first kappa shape index (κ1) is 57.9. The first-order valence-corrected chi connectivity index (χ1v) is 25.7. The molecule has 75 heavy (non-hydrogen) atoms. The fourth-order valence-corrected chi connectivity index (χ4v) is 9.89. The SMILES string of the molecule is CCOc1ccc(NC(=O)c2cc3ccccc3c(N=Nc3cc(C)cc(Cl)c3S(=O)(=O)O)c2O)cc1.CCOc1ccc(NC(=O)c2cc3ccccc3c(N=Nc3cc(C)cc(Cl)c3S(=O)(=O)[O-])c2[O-])cc1.[Ba+2]. The van der Waals surface area contributed by atoms with E-state index in [-0.39, 0.29) is 92.8 Å². The number of aryl methyl sites for hydroxylation is 2. The number of amides is 2. The third kappa shape index (κ3) is 14.1. The van der Waals surface area contributed by atoms with E-state index in [2.05, 4.69) is 31.1 Å². The summed E-state index contributed by atoms with van der Waals surface area (Å²) in [5, 5.41) is 47.2. The summed E-state index contributed by atoms with van der Waals surface area (Å²) in [6.45, 7) is 8.02. The Morgan fingerprint density at radius 1 is 0.600 bits per heavy atom. The molecule has 18 nitrogen and oxygen atoms in total. The van der Waals surface area contributed by atoms with Crippen LogP contribution in [0.4, 0.5) is 34.1 Å². The van der Waals surface area contributed by atoms with E-state index >= 15 is 0 Å². The molecule has 0 heterocycles. The zero-order chi connectivity index (χ0) is 53.5. The van der Waals surface area contributed by atoms with E-state index in [0.29, 0.717) is 68.8 Å². The first-order valence-electron chi connectivity index (χ1n) is 22.1. The predicted molar refractivity (Wildman–Crippen MR) is 284 cm³/mol. The molecule has 0 radical (unpaired) electrons. The number of nitrogens with one attached hydrogen (secondary N) is 2. The maximum atomic E-state index is 13.4. The predicted octanol–water partition coefficient (Wildman–Crippen LogP) is 12.3. The molecule has 0 bridgehead atoms. The first-order chi connectivity index (χ1) is 35.2. The van der Waals surface area contributed by atoms with Crippen LogP contribution in [0.3, 0.4) is 0 Å². The van der Waals surface area contributed by atoms with Gasteiger partial charge in [0.05, 0.1) is 34.5 Å². The van der Waals surface area contributed by atoms with Crippen molar-refractivity contribution in [2.24, 2.45) is 20.5 Å².